The van der Waals surface area contributed by atoms with Crippen molar-refractivity contribution in [2.24, 2.45) is 34.5 Å². The van der Waals surface area contributed by atoms with E-state index >= 15 is 0 Å². The van der Waals surface area contributed by atoms with E-state index in [0.29, 0.717) is 19.3 Å². The van der Waals surface area contributed by atoms with Crippen molar-refractivity contribution in [1.82, 2.24) is 0 Å². The van der Waals surface area contributed by atoms with Gasteiger partial charge in [-0.3, -0.25) is 0 Å². The number of hydrogen-bond donors (Lipinski definition) is 7. The summed E-state index contributed by atoms with van der Waals surface area (Å²) in [6, 6.07) is 0. The van der Waals surface area contributed by atoms with E-state index in [2.05, 4.69) is 20.8 Å². The van der Waals surface area contributed by atoms with Gasteiger partial charge in [-0.05, 0) is 92.1 Å². The van der Waals surface area contributed by atoms with Gasteiger partial charge in [0.05, 0.1) is 43.2 Å². The molecule has 0 bridgehead atoms. The highest BCUT2D eigenvalue weighted by Crippen LogP contribution is 2.69. The van der Waals surface area contributed by atoms with Crippen LogP contribution in [0.5, 0.6) is 0 Å². The summed E-state index contributed by atoms with van der Waals surface area (Å²) in [4.78, 5) is 0. The zero-order chi connectivity index (χ0) is 32.4. The molecule has 0 radical (unpaired) electrons. The van der Waals surface area contributed by atoms with E-state index in [0.717, 1.165) is 36.0 Å². The van der Waals surface area contributed by atoms with E-state index in [1.54, 1.807) is 0 Å². The van der Waals surface area contributed by atoms with Gasteiger partial charge >= 0.3 is 0 Å². The number of methoxy groups -OCH3 is 1. The van der Waals surface area contributed by atoms with Crippen molar-refractivity contribution >= 4 is 0 Å². The SMILES string of the molecule is CO[C@H]1[C@H](O[C@@H]2C=C3[C@H](O)C[C@@]4(O)[C@@H]5[C@@H](O)[C@H](O)[C@H]([C@H](C)CCC(CO)=C(C)C)[C@@]5(C)CC[C@@H]4[C@@]3(C)CC2)OC[C@@H](O)[C@@H]1O. The minimum atomic E-state index is -1.37. The number of allylic oxidation sites excluding steroid dienone is 1. The van der Waals surface area contributed by atoms with Gasteiger partial charge in [-0.25, -0.2) is 0 Å². The Hall–Kier alpha value is -0.920. The topological polar surface area (TPSA) is 169 Å². The van der Waals surface area contributed by atoms with Gasteiger partial charge < -0.3 is 50.0 Å². The molecule has 15 atom stereocenters. The van der Waals surface area contributed by atoms with Crippen LogP contribution < -0.4 is 0 Å². The van der Waals surface area contributed by atoms with Crippen molar-refractivity contribution in [2.75, 3.05) is 20.3 Å². The van der Waals surface area contributed by atoms with Crippen molar-refractivity contribution in [3.8, 4) is 0 Å². The molecule has 0 aromatic heterocycles. The molecule has 1 heterocycles. The van der Waals surface area contributed by atoms with Crippen LogP contribution in [0.2, 0.25) is 0 Å². The van der Waals surface area contributed by atoms with E-state index in [4.69, 9.17) is 14.2 Å². The quantitative estimate of drug-likeness (QED) is 0.198. The summed E-state index contributed by atoms with van der Waals surface area (Å²) in [5.41, 5.74) is 0.479. The van der Waals surface area contributed by atoms with Crippen LogP contribution in [0.4, 0.5) is 0 Å². The van der Waals surface area contributed by atoms with Gasteiger partial charge in [0, 0.05) is 19.4 Å². The first-order valence-corrected chi connectivity index (χ1v) is 16.5. The number of aliphatic hydroxyl groups is 7. The molecule has 0 aromatic carbocycles. The van der Waals surface area contributed by atoms with Crippen molar-refractivity contribution in [2.45, 2.75) is 134 Å². The summed E-state index contributed by atoms with van der Waals surface area (Å²) < 4.78 is 17.3. The summed E-state index contributed by atoms with van der Waals surface area (Å²) in [6.07, 6.45) is -1.25. The smallest absolute Gasteiger partial charge is 0.187 e. The van der Waals surface area contributed by atoms with Crippen molar-refractivity contribution in [1.29, 1.82) is 0 Å². The van der Waals surface area contributed by atoms with Crippen LogP contribution in [0, 0.1) is 34.5 Å². The van der Waals surface area contributed by atoms with E-state index in [1.165, 1.54) is 7.11 Å². The third-order valence-electron chi connectivity index (χ3n) is 12.7. The molecule has 4 fully saturated rings. The van der Waals surface area contributed by atoms with E-state index < -0.39 is 71.4 Å². The summed E-state index contributed by atoms with van der Waals surface area (Å²) in [5.74, 6) is -0.986. The molecule has 3 saturated carbocycles. The first-order valence-electron chi connectivity index (χ1n) is 16.5. The Morgan fingerprint density at radius 1 is 1.05 bits per heavy atom. The van der Waals surface area contributed by atoms with Crippen LogP contribution in [-0.2, 0) is 14.2 Å². The van der Waals surface area contributed by atoms with Gasteiger partial charge in [-0.15, -0.1) is 0 Å². The second-order valence-electron chi connectivity index (χ2n) is 15.3. The van der Waals surface area contributed by atoms with Crippen molar-refractivity contribution in [3.05, 3.63) is 22.8 Å². The number of rotatable bonds is 8. The van der Waals surface area contributed by atoms with Crippen LogP contribution in [0.15, 0.2) is 22.8 Å². The number of fused-ring (bicyclic) bond motifs is 5. The Kier molecular flexibility index (Phi) is 9.85. The Morgan fingerprint density at radius 2 is 1.75 bits per heavy atom. The monoisotopic (exact) mass is 624 g/mol. The molecule has 5 aliphatic rings. The fourth-order valence-corrected chi connectivity index (χ4v) is 10.5. The van der Waals surface area contributed by atoms with E-state index in [1.807, 2.05) is 19.9 Å². The van der Waals surface area contributed by atoms with E-state index in [9.17, 15) is 35.7 Å². The van der Waals surface area contributed by atoms with Crippen molar-refractivity contribution in [3.63, 3.8) is 0 Å². The molecule has 44 heavy (non-hydrogen) atoms. The Labute approximate surface area is 261 Å². The summed E-state index contributed by atoms with van der Waals surface area (Å²) in [6.45, 7) is 10.2. The summed E-state index contributed by atoms with van der Waals surface area (Å²) in [5, 5.41) is 77.6. The van der Waals surface area contributed by atoms with Crippen LogP contribution >= 0.6 is 0 Å². The lowest BCUT2D eigenvalue weighted by Crippen LogP contribution is -2.66. The molecule has 1 aliphatic heterocycles. The lowest BCUT2D eigenvalue weighted by Gasteiger charge is -2.64. The second kappa shape index (κ2) is 12.6. The third kappa shape index (κ3) is 5.45. The number of hydrogen-bond acceptors (Lipinski definition) is 10. The lowest BCUT2D eigenvalue weighted by molar-refractivity contribution is -0.285. The molecule has 0 aromatic rings. The summed E-state index contributed by atoms with van der Waals surface area (Å²) in [7, 11) is 1.43. The fourth-order valence-electron chi connectivity index (χ4n) is 10.5. The van der Waals surface area contributed by atoms with Gasteiger partial charge in [-0.1, -0.05) is 32.4 Å². The zero-order valence-corrected chi connectivity index (χ0v) is 27.2. The maximum absolute atomic E-state index is 12.6. The standard InChI is InChI=1S/C34H56O10/c1-17(2)19(15-35)8-7-18(3)25-27(39)28(40)30-33(25,5)12-10-24-32(4)11-9-20(13-21(32)22(36)14-34(24,30)41)44-31-29(42-6)26(38)23(37)16-43-31/h13,18,20,22-31,35-41H,7-12,14-16H2,1-6H3/t18-,20+,22-,23-,24-,25+,26+,27-,28+,29-,30-,31+,32+,33-,34+/m1/s1. The van der Waals surface area contributed by atoms with Crippen LogP contribution in [0.3, 0.4) is 0 Å². The Balaban J connectivity index is 1.38. The van der Waals surface area contributed by atoms with Gasteiger partial charge in [0.15, 0.2) is 6.29 Å². The van der Waals surface area contributed by atoms with Gasteiger partial charge in [0.2, 0.25) is 0 Å². The molecule has 7 N–H and O–H groups in total. The third-order valence-corrected chi connectivity index (χ3v) is 12.7. The van der Waals surface area contributed by atoms with Gasteiger partial charge in [0.25, 0.3) is 0 Å². The van der Waals surface area contributed by atoms with Crippen LogP contribution in [0.25, 0.3) is 0 Å². The molecule has 0 amide bonds. The van der Waals surface area contributed by atoms with Gasteiger partial charge in [-0.2, -0.15) is 0 Å². The molecule has 4 aliphatic carbocycles. The maximum atomic E-state index is 12.6. The van der Waals surface area contributed by atoms with Crippen LogP contribution in [-0.4, -0.2) is 111 Å². The minimum absolute atomic E-state index is 0.0101. The first kappa shape index (κ1) is 34.4. The molecule has 0 spiro atoms. The van der Waals surface area contributed by atoms with Crippen LogP contribution in [0.1, 0.15) is 79.6 Å². The molecular formula is C34H56O10. The normalized spacial score (nSPS) is 49.4. The molecule has 5 rings (SSSR count). The van der Waals surface area contributed by atoms with E-state index in [-0.39, 0.29) is 37.4 Å². The predicted octanol–water partition coefficient (Wildman–Crippen LogP) is 1.82. The minimum Gasteiger partial charge on any atom is -0.392 e. The largest absolute Gasteiger partial charge is 0.392 e. The Bertz CT molecular complexity index is 1110. The summed E-state index contributed by atoms with van der Waals surface area (Å²) >= 11 is 0. The molecule has 1 saturated heterocycles. The molecular weight excluding hydrogens is 568 g/mol. The maximum Gasteiger partial charge on any atom is 0.187 e. The lowest BCUT2D eigenvalue weighted by atomic mass is 9.43. The molecule has 10 nitrogen and oxygen atoms in total. The predicted molar refractivity (Wildman–Crippen MR) is 162 cm³/mol. The fraction of sp³-hybridized carbons (Fsp3) is 0.882. The second-order valence-corrected chi connectivity index (χ2v) is 15.3. The number of aliphatic hydroxyl groups excluding tert-OH is 6. The van der Waals surface area contributed by atoms with Crippen molar-refractivity contribution < 1.29 is 50.0 Å². The average molecular weight is 625 g/mol. The highest BCUT2D eigenvalue weighted by atomic mass is 16.7. The van der Waals surface area contributed by atoms with Gasteiger partial charge in [0.1, 0.15) is 18.3 Å². The first-order chi connectivity index (χ1) is 20.6. The molecule has 252 valence electrons. The highest BCUT2D eigenvalue weighted by molar-refractivity contribution is 5.33. The Morgan fingerprint density at radius 3 is 2.39 bits per heavy atom. The zero-order valence-electron chi connectivity index (χ0n) is 27.2. The average Bonchev–Trinajstić information content (AvgIpc) is 3.16. The number of ether oxygens (including phenoxy) is 3. The molecule has 0 unspecified atom stereocenters. The molecule has 10 heteroatoms. The highest BCUT2D eigenvalue weighted by Gasteiger charge is 2.72.